The lowest BCUT2D eigenvalue weighted by atomic mass is 9.85. The van der Waals surface area contributed by atoms with Gasteiger partial charge in [-0.25, -0.2) is 13.2 Å². The molecule has 1 aromatic carbocycles. The maximum Gasteiger partial charge on any atom is 0.336 e. The summed E-state index contributed by atoms with van der Waals surface area (Å²) in [6.45, 7) is 3.51. The smallest absolute Gasteiger partial charge is 0.336 e. The van der Waals surface area contributed by atoms with Crippen LogP contribution in [0.5, 0.6) is 0 Å². The van der Waals surface area contributed by atoms with Crippen LogP contribution in [0.3, 0.4) is 0 Å². The number of nitrogens with one attached hydrogen (secondary N) is 1. The molecule has 0 saturated heterocycles. The van der Waals surface area contributed by atoms with Crippen molar-refractivity contribution in [2.24, 2.45) is 0 Å². The molecule has 2 heterocycles. The number of benzene rings is 1. The van der Waals surface area contributed by atoms with E-state index >= 15 is 0 Å². The summed E-state index contributed by atoms with van der Waals surface area (Å²) in [5.41, 5.74) is 1.48. The third kappa shape index (κ3) is 4.19. The van der Waals surface area contributed by atoms with Crippen LogP contribution < -0.4 is 5.32 Å². The number of hydrogen-bond donors (Lipinski definition) is 1. The summed E-state index contributed by atoms with van der Waals surface area (Å²) in [5.74, 6) is -1.58. The average Bonchev–Trinajstić information content (AvgIpc) is 2.65. The molecule has 0 fully saturated rings. The molecule has 0 radical (unpaired) electrons. The van der Waals surface area contributed by atoms with Crippen LogP contribution in [0, 0.1) is 10.1 Å². The molecular formula is C20H24N2O6S. The van der Waals surface area contributed by atoms with Crippen molar-refractivity contribution in [3.8, 4) is 0 Å². The van der Waals surface area contributed by atoms with Crippen LogP contribution in [0.1, 0.15) is 51.0 Å². The van der Waals surface area contributed by atoms with Gasteiger partial charge in [0.15, 0.2) is 9.84 Å². The van der Waals surface area contributed by atoms with Gasteiger partial charge in [-0.05, 0) is 38.7 Å². The van der Waals surface area contributed by atoms with E-state index in [2.05, 4.69) is 5.32 Å². The molecule has 0 aromatic heterocycles. The Hall–Kier alpha value is -2.68. The van der Waals surface area contributed by atoms with Crippen LogP contribution in [0.15, 0.2) is 46.1 Å². The Morgan fingerprint density at radius 3 is 2.76 bits per heavy atom. The third-order valence-corrected chi connectivity index (χ3v) is 7.15. The van der Waals surface area contributed by atoms with E-state index < -0.39 is 26.6 Å². The normalized spacial score (nSPS) is 21.5. The summed E-state index contributed by atoms with van der Waals surface area (Å²) in [4.78, 5) is 23.7. The van der Waals surface area contributed by atoms with E-state index in [1.54, 1.807) is 19.9 Å². The first-order chi connectivity index (χ1) is 13.8. The molecule has 2 aliphatic heterocycles. The van der Waals surface area contributed by atoms with Crippen LogP contribution in [-0.4, -0.2) is 31.7 Å². The number of carbonyl (C=O) groups excluding carboxylic acids is 1. The Morgan fingerprint density at radius 2 is 2.07 bits per heavy atom. The zero-order valence-electron chi connectivity index (χ0n) is 16.4. The minimum Gasteiger partial charge on any atom is -0.463 e. The van der Waals surface area contributed by atoms with E-state index in [0.717, 1.165) is 12.8 Å². The Balaban J connectivity index is 2.27. The first-order valence-electron chi connectivity index (χ1n) is 9.61. The average molecular weight is 420 g/mol. The quantitative estimate of drug-likeness (QED) is 0.451. The van der Waals surface area contributed by atoms with E-state index in [1.807, 2.05) is 0 Å². The molecule has 0 bridgehead atoms. The van der Waals surface area contributed by atoms with E-state index in [1.165, 1.54) is 18.2 Å². The number of esters is 1. The van der Waals surface area contributed by atoms with Crippen LogP contribution in [0.4, 0.5) is 5.69 Å². The van der Waals surface area contributed by atoms with Crippen molar-refractivity contribution in [1.29, 1.82) is 0 Å². The first-order valence-corrected chi connectivity index (χ1v) is 11.3. The van der Waals surface area contributed by atoms with Gasteiger partial charge in [-0.2, -0.15) is 0 Å². The highest BCUT2D eigenvalue weighted by molar-refractivity contribution is 7.95. The second kappa shape index (κ2) is 8.36. The molecule has 2 aliphatic rings. The highest BCUT2D eigenvalue weighted by Crippen LogP contribution is 2.44. The largest absolute Gasteiger partial charge is 0.463 e. The molecule has 1 N–H and O–H groups in total. The highest BCUT2D eigenvalue weighted by atomic mass is 32.2. The molecule has 1 aromatic rings. The van der Waals surface area contributed by atoms with Gasteiger partial charge in [-0.1, -0.05) is 18.6 Å². The number of non-ortho nitro benzene ring substituents is 1. The van der Waals surface area contributed by atoms with Gasteiger partial charge in [0.05, 0.1) is 33.7 Å². The van der Waals surface area contributed by atoms with Crippen molar-refractivity contribution in [3.63, 3.8) is 0 Å². The van der Waals surface area contributed by atoms with Gasteiger partial charge in [-0.15, -0.1) is 0 Å². The van der Waals surface area contributed by atoms with Crippen LogP contribution in [0.2, 0.25) is 0 Å². The molecule has 0 aliphatic carbocycles. The van der Waals surface area contributed by atoms with Gasteiger partial charge in [0, 0.05) is 23.5 Å². The number of nitro benzene ring substituents is 1. The molecular weight excluding hydrogens is 396 g/mol. The van der Waals surface area contributed by atoms with Crippen molar-refractivity contribution in [2.75, 3.05) is 12.4 Å². The number of allylic oxidation sites excluding steroid dienone is 3. The van der Waals surface area contributed by atoms with Gasteiger partial charge in [-0.3, -0.25) is 10.1 Å². The number of nitro groups is 1. The van der Waals surface area contributed by atoms with Crippen molar-refractivity contribution < 1.29 is 22.9 Å². The second-order valence-electron chi connectivity index (χ2n) is 7.14. The Labute approximate surface area is 169 Å². The monoisotopic (exact) mass is 420 g/mol. The second-order valence-corrected chi connectivity index (χ2v) is 9.22. The summed E-state index contributed by atoms with van der Waals surface area (Å²) < 4.78 is 31.6. The topological polar surface area (TPSA) is 116 Å². The number of nitrogens with zero attached hydrogens (tertiary/aromatic N) is 1. The lowest BCUT2D eigenvalue weighted by Gasteiger charge is -2.33. The van der Waals surface area contributed by atoms with Gasteiger partial charge in [0.2, 0.25) is 0 Å². The fraction of sp³-hybridized carbons (Fsp3) is 0.450. The summed E-state index contributed by atoms with van der Waals surface area (Å²) >= 11 is 0. The lowest BCUT2D eigenvalue weighted by Crippen LogP contribution is -2.34. The molecule has 29 heavy (non-hydrogen) atoms. The predicted molar refractivity (Wildman–Crippen MR) is 108 cm³/mol. The van der Waals surface area contributed by atoms with Crippen LogP contribution in [0.25, 0.3) is 0 Å². The maximum absolute atomic E-state index is 13.2. The number of sulfone groups is 1. The summed E-state index contributed by atoms with van der Waals surface area (Å²) in [5, 5.41) is 14.4. The number of rotatable bonds is 4. The molecule has 0 spiro atoms. The van der Waals surface area contributed by atoms with Gasteiger partial charge >= 0.3 is 5.97 Å². The fourth-order valence-corrected chi connectivity index (χ4v) is 5.87. The number of dihydropyridines is 1. The summed E-state index contributed by atoms with van der Waals surface area (Å²) in [7, 11) is -3.67. The fourth-order valence-electron chi connectivity index (χ4n) is 3.93. The standard InChI is InChI=1S/C20H24N2O6S/c1-3-28-20(23)17-13(2)21-16-10-5-4-6-11-29(26,27)19(16)18(17)14-8-7-9-15(12-14)22(24)25/h7-9,12,18,21H,3-6,10-11H2,1-2H3. The molecule has 0 amide bonds. The molecule has 156 valence electrons. The van der Waals surface area contributed by atoms with Crippen LogP contribution in [-0.2, 0) is 19.4 Å². The minimum atomic E-state index is -3.67. The van der Waals surface area contributed by atoms with E-state index in [9.17, 15) is 23.3 Å². The van der Waals surface area contributed by atoms with Crippen molar-refractivity contribution in [2.45, 2.75) is 45.4 Å². The number of hydrogen-bond acceptors (Lipinski definition) is 7. The Bertz CT molecular complexity index is 1010. The summed E-state index contributed by atoms with van der Waals surface area (Å²) in [6.07, 6.45) is 2.70. The zero-order chi connectivity index (χ0) is 21.2. The van der Waals surface area contributed by atoms with Gasteiger partial charge in [0.1, 0.15) is 0 Å². The molecule has 1 unspecified atom stereocenters. The van der Waals surface area contributed by atoms with Gasteiger partial charge < -0.3 is 10.1 Å². The molecule has 1 atom stereocenters. The Morgan fingerprint density at radius 1 is 1.31 bits per heavy atom. The molecule has 9 heteroatoms. The van der Waals surface area contributed by atoms with E-state index in [4.69, 9.17) is 4.74 Å². The maximum atomic E-state index is 13.2. The molecule has 0 saturated carbocycles. The van der Waals surface area contributed by atoms with Gasteiger partial charge in [0.25, 0.3) is 5.69 Å². The number of carbonyl (C=O) groups is 1. The minimum absolute atomic E-state index is 0.0197. The Kier molecular flexibility index (Phi) is 6.07. The van der Waals surface area contributed by atoms with Crippen LogP contribution >= 0.6 is 0 Å². The predicted octanol–water partition coefficient (Wildman–Crippen LogP) is 3.32. The zero-order valence-corrected chi connectivity index (χ0v) is 17.3. The third-order valence-electron chi connectivity index (χ3n) is 5.18. The highest BCUT2D eigenvalue weighted by Gasteiger charge is 2.41. The van der Waals surface area contributed by atoms with E-state index in [0.29, 0.717) is 29.8 Å². The SMILES string of the molecule is CCOC(=O)C1=C(C)NC2=C(C1c1cccc([N+](=O)[O-])c1)S(=O)(=O)CCCCC2. The van der Waals surface area contributed by atoms with Crippen molar-refractivity contribution >= 4 is 21.5 Å². The van der Waals surface area contributed by atoms with E-state index in [-0.39, 0.29) is 28.5 Å². The lowest BCUT2D eigenvalue weighted by molar-refractivity contribution is -0.384. The summed E-state index contributed by atoms with van der Waals surface area (Å²) in [6, 6.07) is 5.80. The molecule has 3 rings (SSSR count). The molecule has 8 nitrogen and oxygen atoms in total. The van der Waals surface area contributed by atoms with Crippen molar-refractivity contribution in [1.82, 2.24) is 5.32 Å². The van der Waals surface area contributed by atoms with Crippen molar-refractivity contribution in [3.05, 3.63) is 61.8 Å². The first kappa shape index (κ1) is 21.0. The number of ether oxygens (including phenoxy) is 1.